The number of piperazine rings is 1. The highest BCUT2D eigenvalue weighted by Crippen LogP contribution is 2.18. The zero-order chi connectivity index (χ0) is 16.8. The first-order chi connectivity index (χ1) is 11.7. The average Bonchev–Trinajstić information content (AvgIpc) is 2.62. The molecule has 126 valence electrons. The highest BCUT2D eigenvalue weighted by atomic mass is 16.2. The first kappa shape index (κ1) is 16.4. The molecular weight excluding hydrogens is 304 g/mol. The van der Waals surface area contributed by atoms with E-state index in [1.54, 1.807) is 6.07 Å². The summed E-state index contributed by atoms with van der Waals surface area (Å²) >= 11 is 0. The lowest BCUT2D eigenvalue weighted by Gasteiger charge is -2.26. The van der Waals surface area contributed by atoms with E-state index in [0.717, 1.165) is 43.5 Å². The summed E-state index contributed by atoms with van der Waals surface area (Å²) in [5.74, 6) is -1.23. The molecule has 1 aliphatic rings. The molecule has 0 saturated carbocycles. The van der Waals surface area contributed by atoms with Crippen molar-refractivity contribution >= 4 is 28.3 Å². The lowest BCUT2D eigenvalue weighted by molar-refractivity contribution is -0.136. The lowest BCUT2D eigenvalue weighted by Crippen LogP contribution is -2.47. The molecule has 0 aromatic heterocycles. The fraction of sp³-hybridized carbons (Fsp3) is 0.333. The van der Waals surface area contributed by atoms with Crippen molar-refractivity contribution in [1.29, 1.82) is 0 Å². The summed E-state index contributed by atoms with van der Waals surface area (Å²) in [7, 11) is 0. The van der Waals surface area contributed by atoms with E-state index in [4.69, 9.17) is 0 Å². The van der Waals surface area contributed by atoms with Gasteiger partial charge in [-0.1, -0.05) is 30.3 Å². The van der Waals surface area contributed by atoms with Gasteiger partial charge in [0.25, 0.3) is 0 Å². The number of rotatable bonds is 4. The second-order valence-corrected chi connectivity index (χ2v) is 5.86. The van der Waals surface area contributed by atoms with Gasteiger partial charge in [-0.2, -0.15) is 0 Å². The molecule has 0 aliphatic carbocycles. The van der Waals surface area contributed by atoms with E-state index in [0.29, 0.717) is 12.2 Å². The summed E-state index contributed by atoms with van der Waals surface area (Å²) in [4.78, 5) is 26.1. The van der Waals surface area contributed by atoms with Crippen molar-refractivity contribution in [2.45, 2.75) is 0 Å². The summed E-state index contributed by atoms with van der Waals surface area (Å²) in [6, 6.07) is 13.5. The number of nitrogens with one attached hydrogen (secondary N) is 3. The van der Waals surface area contributed by atoms with Crippen LogP contribution in [0.25, 0.3) is 10.8 Å². The Hall–Kier alpha value is -2.44. The van der Waals surface area contributed by atoms with Crippen LogP contribution in [0.5, 0.6) is 0 Å². The number of anilines is 1. The quantitative estimate of drug-likeness (QED) is 0.727. The van der Waals surface area contributed by atoms with E-state index < -0.39 is 11.8 Å². The molecule has 0 bridgehead atoms. The molecule has 2 amide bonds. The van der Waals surface area contributed by atoms with E-state index >= 15 is 0 Å². The molecule has 24 heavy (non-hydrogen) atoms. The molecule has 0 atom stereocenters. The Labute approximate surface area is 141 Å². The third-order valence-electron chi connectivity index (χ3n) is 4.14. The standard InChI is InChI=1S/C18H22N4O2/c23-17(20-9-12-22-10-7-19-8-11-22)18(24)21-16-6-5-14-3-1-2-4-15(14)13-16/h1-6,13,19H,7-12H2,(H,20,23)(H,21,24). The Kier molecular flexibility index (Phi) is 5.40. The summed E-state index contributed by atoms with van der Waals surface area (Å²) in [6.07, 6.45) is 0. The smallest absolute Gasteiger partial charge is 0.313 e. The van der Waals surface area contributed by atoms with Gasteiger partial charge in [0.2, 0.25) is 0 Å². The summed E-state index contributed by atoms with van der Waals surface area (Å²) in [5, 5.41) is 10.7. The summed E-state index contributed by atoms with van der Waals surface area (Å²) in [5.41, 5.74) is 0.621. The topological polar surface area (TPSA) is 73.5 Å². The van der Waals surface area contributed by atoms with Crippen LogP contribution in [0.3, 0.4) is 0 Å². The zero-order valence-electron chi connectivity index (χ0n) is 13.5. The van der Waals surface area contributed by atoms with Crippen molar-refractivity contribution < 1.29 is 9.59 Å². The van der Waals surface area contributed by atoms with Gasteiger partial charge in [-0.05, 0) is 22.9 Å². The minimum atomic E-state index is -0.634. The highest BCUT2D eigenvalue weighted by molar-refractivity contribution is 6.39. The lowest BCUT2D eigenvalue weighted by atomic mass is 10.1. The SMILES string of the molecule is O=C(NCCN1CCNCC1)C(=O)Nc1ccc2ccccc2c1. The van der Waals surface area contributed by atoms with E-state index in [1.165, 1.54) is 0 Å². The van der Waals surface area contributed by atoms with Gasteiger partial charge in [0.15, 0.2) is 0 Å². The number of hydrogen-bond acceptors (Lipinski definition) is 4. The van der Waals surface area contributed by atoms with Gasteiger partial charge < -0.3 is 16.0 Å². The molecule has 0 spiro atoms. The van der Waals surface area contributed by atoms with Crippen LogP contribution >= 0.6 is 0 Å². The van der Waals surface area contributed by atoms with Gasteiger partial charge in [0.1, 0.15) is 0 Å². The Morgan fingerprint density at radius 1 is 1.00 bits per heavy atom. The van der Waals surface area contributed by atoms with Crippen molar-refractivity contribution in [2.75, 3.05) is 44.6 Å². The molecule has 0 unspecified atom stereocenters. The molecule has 2 aromatic rings. The number of benzene rings is 2. The molecule has 2 aromatic carbocycles. The van der Waals surface area contributed by atoms with Crippen LogP contribution < -0.4 is 16.0 Å². The maximum Gasteiger partial charge on any atom is 0.313 e. The van der Waals surface area contributed by atoms with Gasteiger partial charge in [0.05, 0.1) is 0 Å². The Balaban J connectivity index is 1.48. The zero-order valence-corrected chi connectivity index (χ0v) is 13.5. The van der Waals surface area contributed by atoms with Crippen LogP contribution in [-0.2, 0) is 9.59 Å². The van der Waals surface area contributed by atoms with Crippen LogP contribution in [-0.4, -0.2) is 56.0 Å². The molecule has 6 heteroatoms. The predicted octanol–water partition coefficient (Wildman–Crippen LogP) is 0.800. The third-order valence-corrected chi connectivity index (χ3v) is 4.14. The van der Waals surface area contributed by atoms with Crippen LogP contribution in [0.15, 0.2) is 42.5 Å². The van der Waals surface area contributed by atoms with E-state index in [-0.39, 0.29) is 0 Å². The van der Waals surface area contributed by atoms with E-state index in [1.807, 2.05) is 36.4 Å². The maximum atomic E-state index is 12.0. The van der Waals surface area contributed by atoms with Gasteiger partial charge in [-0.15, -0.1) is 0 Å². The summed E-state index contributed by atoms with van der Waals surface area (Å²) in [6.45, 7) is 5.12. The Morgan fingerprint density at radius 3 is 2.54 bits per heavy atom. The fourth-order valence-corrected chi connectivity index (χ4v) is 2.80. The van der Waals surface area contributed by atoms with Gasteiger partial charge in [0, 0.05) is 45.0 Å². The minimum absolute atomic E-state index is 0.476. The third kappa shape index (κ3) is 4.31. The first-order valence-electron chi connectivity index (χ1n) is 8.23. The second kappa shape index (κ2) is 7.90. The number of fused-ring (bicyclic) bond motifs is 1. The molecule has 1 aliphatic heterocycles. The van der Waals surface area contributed by atoms with Gasteiger partial charge in [-0.25, -0.2) is 0 Å². The summed E-state index contributed by atoms with van der Waals surface area (Å²) < 4.78 is 0. The van der Waals surface area contributed by atoms with Crippen molar-refractivity contribution in [3.63, 3.8) is 0 Å². The molecular formula is C18H22N4O2. The van der Waals surface area contributed by atoms with Crippen molar-refractivity contribution in [2.24, 2.45) is 0 Å². The van der Waals surface area contributed by atoms with Crippen molar-refractivity contribution in [3.8, 4) is 0 Å². The van der Waals surface area contributed by atoms with E-state index in [9.17, 15) is 9.59 Å². The van der Waals surface area contributed by atoms with Crippen molar-refractivity contribution in [1.82, 2.24) is 15.5 Å². The van der Waals surface area contributed by atoms with Crippen LogP contribution in [0, 0.1) is 0 Å². The molecule has 1 heterocycles. The predicted molar refractivity (Wildman–Crippen MR) is 94.9 cm³/mol. The molecule has 3 rings (SSSR count). The molecule has 0 radical (unpaired) electrons. The molecule has 1 saturated heterocycles. The minimum Gasteiger partial charge on any atom is -0.347 e. The monoisotopic (exact) mass is 326 g/mol. The fourth-order valence-electron chi connectivity index (χ4n) is 2.80. The normalized spacial score (nSPS) is 15.2. The maximum absolute atomic E-state index is 12.0. The molecule has 3 N–H and O–H groups in total. The number of carbonyl (C=O) groups excluding carboxylic acids is 2. The van der Waals surface area contributed by atoms with Crippen LogP contribution in [0.2, 0.25) is 0 Å². The first-order valence-corrected chi connectivity index (χ1v) is 8.23. The largest absolute Gasteiger partial charge is 0.347 e. The molecule has 6 nitrogen and oxygen atoms in total. The highest BCUT2D eigenvalue weighted by Gasteiger charge is 2.14. The number of nitrogens with zero attached hydrogens (tertiary/aromatic N) is 1. The number of carbonyl (C=O) groups is 2. The van der Waals surface area contributed by atoms with Gasteiger partial charge in [-0.3, -0.25) is 14.5 Å². The van der Waals surface area contributed by atoms with E-state index in [2.05, 4.69) is 20.9 Å². The Bertz CT molecular complexity index is 726. The Morgan fingerprint density at radius 2 is 1.75 bits per heavy atom. The van der Waals surface area contributed by atoms with Crippen LogP contribution in [0.1, 0.15) is 0 Å². The number of hydrogen-bond donors (Lipinski definition) is 3. The van der Waals surface area contributed by atoms with Crippen molar-refractivity contribution in [3.05, 3.63) is 42.5 Å². The van der Waals surface area contributed by atoms with Gasteiger partial charge >= 0.3 is 11.8 Å². The average molecular weight is 326 g/mol. The number of amides is 2. The van der Waals surface area contributed by atoms with Crippen LogP contribution in [0.4, 0.5) is 5.69 Å². The molecule has 1 fully saturated rings. The second-order valence-electron chi connectivity index (χ2n) is 5.86.